The zero-order valence-corrected chi connectivity index (χ0v) is 12.8. The Bertz CT molecular complexity index is 495. The van der Waals surface area contributed by atoms with E-state index < -0.39 is 5.97 Å². The SMILES string of the molecule is CN(CCC(=O)O)CC(Cl)c1ccc2c(c1)OCCCO2. The molecule has 1 unspecified atom stereocenters. The smallest absolute Gasteiger partial charge is 0.304 e. The average Bonchev–Trinajstić information content (AvgIpc) is 2.69. The second-order valence-corrected chi connectivity index (χ2v) is 5.66. The van der Waals surface area contributed by atoms with Crippen LogP contribution in [0.1, 0.15) is 23.8 Å². The van der Waals surface area contributed by atoms with Gasteiger partial charge in [0.25, 0.3) is 0 Å². The maximum Gasteiger partial charge on any atom is 0.304 e. The highest BCUT2D eigenvalue weighted by atomic mass is 35.5. The summed E-state index contributed by atoms with van der Waals surface area (Å²) in [7, 11) is 1.86. The van der Waals surface area contributed by atoms with Crippen LogP contribution in [0.2, 0.25) is 0 Å². The predicted molar refractivity (Wildman–Crippen MR) is 80.4 cm³/mol. The number of ether oxygens (including phenoxy) is 2. The number of carboxylic acid groups (broad SMARTS) is 1. The molecular weight excluding hydrogens is 294 g/mol. The Morgan fingerprint density at radius 2 is 2.10 bits per heavy atom. The fourth-order valence-electron chi connectivity index (χ4n) is 2.13. The van der Waals surface area contributed by atoms with E-state index in [-0.39, 0.29) is 11.8 Å². The highest BCUT2D eigenvalue weighted by molar-refractivity contribution is 6.21. The van der Waals surface area contributed by atoms with Gasteiger partial charge in [-0.1, -0.05) is 6.07 Å². The third kappa shape index (κ3) is 4.79. The first kappa shape index (κ1) is 15.9. The highest BCUT2D eigenvalue weighted by Crippen LogP contribution is 2.34. The number of carbonyl (C=O) groups is 1. The van der Waals surface area contributed by atoms with Gasteiger partial charge in [-0.15, -0.1) is 11.6 Å². The van der Waals surface area contributed by atoms with E-state index >= 15 is 0 Å². The number of nitrogens with zero attached hydrogens (tertiary/aromatic N) is 1. The fraction of sp³-hybridized carbons (Fsp3) is 0.533. The van der Waals surface area contributed by atoms with E-state index in [1.54, 1.807) is 0 Å². The number of rotatable bonds is 6. The van der Waals surface area contributed by atoms with Crippen LogP contribution in [0.3, 0.4) is 0 Å². The lowest BCUT2D eigenvalue weighted by molar-refractivity contribution is -0.137. The van der Waals surface area contributed by atoms with Crippen molar-refractivity contribution in [3.63, 3.8) is 0 Å². The highest BCUT2D eigenvalue weighted by Gasteiger charge is 2.16. The van der Waals surface area contributed by atoms with Gasteiger partial charge >= 0.3 is 5.97 Å². The van der Waals surface area contributed by atoms with Crippen LogP contribution >= 0.6 is 11.6 Å². The molecule has 116 valence electrons. The molecule has 0 radical (unpaired) electrons. The van der Waals surface area contributed by atoms with E-state index in [2.05, 4.69) is 0 Å². The van der Waals surface area contributed by atoms with Crippen molar-refractivity contribution >= 4 is 17.6 Å². The first-order chi connectivity index (χ1) is 10.1. The second kappa shape index (κ2) is 7.52. The van der Waals surface area contributed by atoms with Gasteiger partial charge in [-0.25, -0.2) is 0 Å². The van der Waals surface area contributed by atoms with Crippen molar-refractivity contribution in [3.8, 4) is 11.5 Å². The van der Waals surface area contributed by atoms with Crippen molar-refractivity contribution in [1.29, 1.82) is 0 Å². The Hall–Kier alpha value is -1.46. The molecule has 1 heterocycles. The molecule has 0 aromatic heterocycles. The second-order valence-electron chi connectivity index (χ2n) is 5.13. The van der Waals surface area contributed by atoms with Crippen LogP contribution in [0.5, 0.6) is 11.5 Å². The van der Waals surface area contributed by atoms with Gasteiger partial charge in [-0.2, -0.15) is 0 Å². The van der Waals surface area contributed by atoms with E-state index in [1.165, 1.54) is 0 Å². The number of carboxylic acids is 1. The topological polar surface area (TPSA) is 59.0 Å². The summed E-state index contributed by atoms with van der Waals surface area (Å²) in [6.07, 6.45) is 0.980. The van der Waals surface area contributed by atoms with E-state index in [1.807, 2.05) is 30.1 Å². The maximum absolute atomic E-state index is 10.6. The van der Waals surface area contributed by atoms with E-state index in [0.29, 0.717) is 26.3 Å². The van der Waals surface area contributed by atoms with E-state index in [4.69, 9.17) is 26.2 Å². The molecule has 0 fully saturated rings. The number of aliphatic carboxylic acids is 1. The van der Waals surface area contributed by atoms with Gasteiger partial charge in [0, 0.05) is 19.5 Å². The summed E-state index contributed by atoms with van der Waals surface area (Å²) < 4.78 is 11.2. The number of hydrogen-bond donors (Lipinski definition) is 1. The van der Waals surface area contributed by atoms with Gasteiger partial charge in [-0.05, 0) is 24.7 Å². The molecule has 0 saturated carbocycles. The van der Waals surface area contributed by atoms with E-state index in [9.17, 15) is 4.79 Å². The molecule has 0 bridgehead atoms. The van der Waals surface area contributed by atoms with E-state index in [0.717, 1.165) is 23.5 Å². The number of fused-ring (bicyclic) bond motifs is 1. The minimum atomic E-state index is -0.802. The molecule has 21 heavy (non-hydrogen) atoms. The van der Waals surface area contributed by atoms with Crippen molar-refractivity contribution < 1.29 is 19.4 Å². The van der Waals surface area contributed by atoms with Gasteiger partial charge < -0.3 is 19.5 Å². The minimum Gasteiger partial charge on any atom is -0.490 e. The van der Waals surface area contributed by atoms with Crippen LogP contribution < -0.4 is 9.47 Å². The number of benzene rings is 1. The van der Waals surface area contributed by atoms with Crippen molar-refractivity contribution in [2.24, 2.45) is 0 Å². The summed E-state index contributed by atoms with van der Waals surface area (Å²) in [5.74, 6) is 0.673. The largest absolute Gasteiger partial charge is 0.490 e. The molecule has 1 aliphatic rings. The third-order valence-corrected chi connectivity index (χ3v) is 3.70. The zero-order valence-electron chi connectivity index (χ0n) is 12.0. The molecule has 2 rings (SSSR count). The van der Waals surface area contributed by atoms with Crippen LogP contribution in [-0.2, 0) is 4.79 Å². The fourth-order valence-corrected chi connectivity index (χ4v) is 2.50. The Kier molecular flexibility index (Phi) is 5.70. The maximum atomic E-state index is 10.6. The average molecular weight is 314 g/mol. The van der Waals surface area contributed by atoms with Crippen LogP contribution in [0.4, 0.5) is 0 Å². The first-order valence-electron chi connectivity index (χ1n) is 7.00. The summed E-state index contributed by atoms with van der Waals surface area (Å²) in [5.41, 5.74) is 0.947. The molecule has 0 amide bonds. The molecule has 6 heteroatoms. The molecule has 0 spiro atoms. The predicted octanol–water partition coefficient (Wildman–Crippen LogP) is 2.53. The quantitative estimate of drug-likeness (QED) is 0.818. The normalized spacial score (nSPS) is 15.6. The number of halogens is 1. The molecule has 1 aliphatic heterocycles. The molecule has 0 aliphatic carbocycles. The van der Waals surface area contributed by atoms with Crippen molar-refractivity contribution in [2.75, 3.05) is 33.4 Å². The van der Waals surface area contributed by atoms with Crippen molar-refractivity contribution in [3.05, 3.63) is 23.8 Å². The number of likely N-dealkylation sites (N-methyl/N-ethyl adjacent to an activating group) is 1. The van der Waals surface area contributed by atoms with Crippen LogP contribution in [0.15, 0.2) is 18.2 Å². The minimum absolute atomic E-state index is 0.112. The third-order valence-electron chi connectivity index (χ3n) is 3.31. The van der Waals surface area contributed by atoms with Crippen LogP contribution in [0, 0.1) is 0 Å². The van der Waals surface area contributed by atoms with Crippen molar-refractivity contribution in [1.82, 2.24) is 4.90 Å². The Morgan fingerprint density at radius 1 is 1.38 bits per heavy atom. The summed E-state index contributed by atoms with van der Waals surface area (Å²) in [4.78, 5) is 12.5. The summed E-state index contributed by atoms with van der Waals surface area (Å²) in [5, 5.41) is 8.46. The lowest BCUT2D eigenvalue weighted by Gasteiger charge is -2.20. The van der Waals surface area contributed by atoms with Crippen LogP contribution in [0.25, 0.3) is 0 Å². The molecule has 1 atom stereocenters. The van der Waals surface area contributed by atoms with Gasteiger partial charge in [0.05, 0.1) is 25.0 Å². The Balaban J connectivity index is 1.97. The molecular formula is C15H20ClNO4. The lowest BCUT2D eigenvalue weighted by atomic mass is 10.1. The van der Waals surface area contributed by atoms with Gasteiger partial charge in [0.2, 0.25) is 0 Å². The zero-order chi connectivity index (χ0) is 15.2. The molecule has 0 saturated heterocycles. The Morgan fingerprint density at radius 3 is 2.81 bits per heavy atom. The first-order valence-corrected chi connectivity index (χ1v) is 7.44. The summed E-state index contributed by atoms with van der Waals surface area (Å²) >= 11 is 6.41. The molecule has 1 N–H and O–H groups in total. The Labute approximate surface area is 129 Å². The monoisotopic (exact) mass is 313 g/mol. The number of alkyl halides is 1. The standard InChI is InChI=1S/C15H20ClNO4/c1-17(6-5-15(18)19)10-12(16)11-3-4-13-14(9-11)21-8-2-7-20-13/h3-4,9,12H,2,5-8,10H2,1H3,(H,18,19). The molecule has 1 aromatic carbocycles. The number of hydrogen-bond acceptors (Lipinski definition) is 4. The van der Waals surface area contributed by atoms with Gasteiger partial charge in [0.15, 0.2) is 11.5 Å². The van der Waals surface area contributed by atoms with Gasteiger partial charge in [0.1, 0.15) is 0 Å². The van der Waals surface area contributed by atoms with Crippen molar-refractivity contribution in [2.45, 2.75) is 18.2 Å². The van der Waals surface area contributed by atoms with Crippen LogP contribution in [-0.4, -0.2) is 49.3 Å². The summed E-state index contributed by atoms with van der Waals surface area (Å²) in [6, 6.07) is 5.71. The summed E-state index contributed by atoms with van der Waals surface area (Å²) in [6.45, 7) is 2.36. The lowest BCUT2D eigenvalue weighted by Crippen LogP contribution is -2.25. The van der Waals surface area contributed by atoms with Gasteiger partial charge in [-0.3, -0.25) is 4.79 Å². The molecule has 5 nitrogen and oxygen atoms in total. The molecule has 1 aromatic rings.